The number of halogens is 1. The molecule has 3 N–H and O–H groups in total. The average Bonchev–Trinajstić information content (AvgIpc) is 3.18. The van der Waals surface area contributed by atoms with Crippen LogP contribution in [0.4, 0.5) is 4.79 Å². The molecule has 1 atom stereocenters. The van der Waals surface area contributed by atoms with Gasteiger partial charge in [0.15, 0.2) is 0 Å². The quantitative estimate of drug-likeness (QED) is 0.600. The summed E-state index contributed by atoms with van der Waals surface area (Å²) >= 11 is 0. The molecule has 1 unspecified atom stereocenters. The Bertz CT molecular complexity index is 591. The van der Waals surface area contributed by atoms with E-state index in [4.69, 9.17) is 0 Å². The molecule has 1 spiro atoms. The Hall–Kier alpha value is -1.34. The molecule has 2 heterocycles. The zero-order valence-electron chi connectivity index (χ0n) is 17.3. The van der Waals surface area contributed by atoms with Crippen molar-refractivity contribution in [2.24, 2.45) is 17.3 Å². The third kappa shape index (κ3) is 4.98. The first-order valence-electron chi connectivity index (χ1n) is 10.3. The molecule has 0 aromatic carbocycles. The Labute approximate surface area is 174 Å². The van der Waals surface area contributed by atoms with Gasteiger partial charge >= 0.3 is 6.03 Å². The molecular weight excluding hydrogens is 380 g/mol. The van der Waals surface area contributed by atoms with E-state index in [2.05, 4.69) is 36.7 Å². The van der Waals surface area contributed by atoms with Gasteiger partial charge in [-0.2, -0.15) is 0 Å². The fraction of sp³-hybridized carbons (Fsp3) is 0.850. The molecule has 4 amide bonds. The smallest absolute Gasteiger partial charge is 0.325 e. The molecule has 2 saturated heterocycles. The van der Waals surface area contributed by atoms with E-state index in [0.717, 1.165) is 43.7 Å². The Kier molecular flexibility index (Phi) is 7.37. The molecule has 0 radical (unpaired) electrons. The van der Waals surface area contributed by atoms with E-state index in [1.165, 1.54) is 0 Å². The standard InChI is InChI=1S/C20H34N4O3.ClH/c1-19(2,3)15-4-8-20(9-5-15)17(26)24(18(27)23-20)13-16(25)22-11-7-14-6-10-21-12-14;/h14-15,21H,4-13H2,1-3H3,(H,22,25)(H,23,27);1H. The second-order valence-electron chi connectivity index (χ2n) is 9.54. The van der Waals surface area contributed by atoms with Gasteiger partial charge in [0, 0.05) is 6.54 Å². The number of nitrogens with zero attached hydrogens (tertiary/aromatic N) is 1. The number of nitrogens with one attached hydrogen (secondary N) is 3. The fourth-order valence-electron chi connectivity index (χ4n) is 4.71. The highest BCUT2D eigenvalue weighted by Crippen LogP contribution is 2.43. The van der Waals surface area contributed by atoms with Crippen molar-refractivity contribution in [3.63, 3.8) is 0 Å². The summed E-state index contributed by atoms with van der Waals surface area (Å²) in [6.07, 6.45) is 5.23. The van der Waals surface area contributed by atoms with E-state index in [1.54, 1.807) is 0 Å². The molecule has 0 aromatic heterocycles. The van der Waals surface area contributed by atoms with E-state index in [-0.39, 0.29) is 36.2 Å². The van der Waals surface area contributed by atoms with Gasteiger partial charge in [0.1, 0.15) is 12.1 Å². The van der Waals surface area contributed by atoms with Crippen molar-refractivity contribution in [1.82, 2.24) is 20.9 Å². The van der Waals surface area contributed by atoms with Gasteiger partial charge in [0.25, 0.3) is 5.91 Å². The highest BCUT2D eigenvalue weighted by molar-refractivity contribution is 6.09. The summed E-state index contributed by atoms with van der Waals surface area (Å²) in [5.41, 5.74) is -0.587. The van der Waals surface area contributed by atoms with Crippen LogP contribution in [0, 0.1) is 17.3 Å². The highest BCUT2D eigenvalue weighted by Gasteiger charge is 2.53. The lowest BCUT2D eigenvalue weighted by Crippen LogP contribution is -2.51. The van der Waals surface area contributed by atoms with Gasteiger partial charge in [0.2, 0.25) is 5.91 Å². The van der Waals surface area contributed by atoms with Crippen LogP contribution < -0.4 is 16.0 Å². The topological polar surface area (TPSA) is 90.5 Å². The lowest BCUT2D eigenvalue weighted by Gasteiger charge is -2.40. The van der Waals surface area contributed by atoms with Gasteiger partial charge in [-0.15, -0.1) is 12.4 Å². The fourth-order valence-corrected chi connectivity index (χ4v) is 4.71. The minimum absolute atomic E-state index is 0. The summed E-state index contributed by atoms with van der Waals surface area (Å²) in [7, 11) is 0. The van der Waals surface area contributed by atoms with E-state index in [1.807, 2.05) is 0 Å². The highest BCUT2D eigenvalue weighted by atomic mass is 35.5. The minimum Gasteiger partial charge on any atom is -0.355 e. The lowest BCUT2D eigenvalue weighted by molar-refractivity contribution is -0.136. The second kappa shape index (κ2) is 8.99. The SMILES string of the molecule is CC(C)(C)C1CCC2(CC1)NC(=O)N(CC(=O)NCCC1CCNC1)C2=O.Cl. The summed E-state index contributed by atoms with van der Waals surface area (Å²) in [5, 5.41) is 9.06. The van der Waals surface area contributed by atoms with Crippen LogP contribution in [-0.4, -0.2) is 54.5 Å². The Morgan fingerprint density at radius 1 is 1.21 bits per heavy atom. The summed E-state index contributed by atoms with van der Waals surface area (Å²) in [6.45, 7) is 9.13. The molecule has 160 valence electrons. The Balaban J connectivity index is 0.00000280. The van der Waals surface area contributed by atoms with Gasteiger partial charge in [0.05, 0.1) is 0 Å². The van der Waals surface area contributed by atoms with Gasteiger partial charge < -0.3 is 16.0 Å². The molecule has 0 bridgehead atoms. The van der Waals surface area contributed by atoms with Crippen molar-refractivity contribution in [1.29, 1.82) is 0 Å². The maximum atomic E-state index is 12.9. The van der Waals surface area contributed by atoms with E-state index >= 15 is 0 Å². The van der Waals surface area contributed by atoms with E-state index in [9.17, 15) is 14.4 Å². The molecule has 28 heavy (non-hydrogen) atoms. The van der Waals surface area contributed by atoms with Crippen molar-refractivity contribution < 1.29 is 14.4 Å². The van der Waals surface area contributed by atoms with E-state index < -0.39 is 11.6 Å². The summed E-state index contributed by atoms with van der Waals surface area (Å²) in [6, 6.07) is -0.427. The normalized spacial score (nSPS) is 30.3. The third-order valence-corrected chi connectivity index (χ3v) is 6.65. The number of imide groups is 1. The Morgan fingerprint density at radius 3 is 2.46 bits per heavy atom. The van der Waals surface area contributed by atoms with Gasteiger partial charge in [-0.25, -0.2) is 4.79 Å². The largest absolute Gasteiger partial charge is 0.355 e. The molecule has 0 aromatic rings. The second-order valence-corrected chi connectivity index (χ2v) is 9.54. The van der Waals surface area contributed by atoms with E-state index in [0.29, 0.717) is 31.2 Å². The molecule has 7 nitrogen and oxygen atoms in total. The van der Waals surface area contributed by atoms with Crippen molar-refractivity contribution in [2.45, 2.75) is 64.8 Å². The number of carbonyl (C=O) groups is 3. The van der Waals surface area contributed by atoms with Gasteiger partial charge in [-0.3, -0.25) is 14.5 Å². The molecule has 3 aliphatic rings. The van der Waals surface area contributed by atoms with Crippen LogP contribution in [0.2, 0.25) is 0 Å². The first-order chi connectivity index (χ1) is 12.7. The molecule has 1 aliphatic carbocycles. The van der Waals surface area contributed by atoms with Crippen molar-refractivity contribution in [2.75, 3.05) is 26.2 Å². The van der Waals surface area contributed by atoms with Crippen molar-refractivity contribution in [3.05, 3.63) is 0 Å². The molecular formula is C20H35ClN4O3. The first kappa shape index (κ1) is 22.9. The van der Waals surface area contributed by atoms with Gasteiger partial charge in [-0.05, 0) is 68.9 Å². The maximum Gasteiger partial charge on any atom is 0.325 e. The first-order valence-corrected chi connectivity index (χ1v) is 10.3. The van der Waals surface area contributed by atoms with Crippen molar-refractivity contribution >= 4 is 30.3 Å². The van der Waals surface area contributed by atoms with Crippen LogP contribution in [0.25, 0.3) is 0 Å². The van der Waals surface area contributed by atoms with Crippen LogP contribution in [0.15, 0.2) is 0 Å². The maximum absolute atomic E-state index is 12.9. The molecule has 1 saturated carbocycles. The van der Waals surface area contributed by atoms with Crippen LogP contribution in [0.3, 0.4) is 0 Å². The van der Waals surface area contributed by atoms with Crippen LogP contribution >= 0.6 is 12.4 Å². The van der Waals surface area contributed by atoms with Crippen molar-refractivity contribution in [3.8, 4) is 0 Å². The summed E-state index contributed by atoms with van der Waals surface area (Å²) in [5.74, 6) is 0.665. The van der Waals surface area contributed by atoms with Crippen LogP contribution in [-0.2, 0) is 9.59 Å². The zero-order chi connectivity index (χ0) is 19.7. The number of carbonyl (C=O) groups excluding carboxylic acids is 3. The molecule has 2 aliphatic heterocycles. The monoisotopic (exact) mass is 414 g/mol. The van der Waals surface area contributed by atoms with Gasteiger partial charge in [-0.1, -0.05) is 20.8 Å². The average molecular weight is 415 g/mol. The molecule has 8 heteroatoms. The predicted molar refractivity (Wildman–Crippen MR) is 110 cm³/mol. The van der Waals surface area contributed by atoms with Crippen LogP contribution in [0.5, 0.6) is 0 Å². The Morgan fingerprint density at radius 2 is 1.89 bits per heavy atom. The zero-order valence-corrected chi connectivity index (χ0v) is 18.1. The number of hydrogen-bond acceptors (Lipinski definition) is 4. The summed E-state index contributed by atoms with van der Waals surface area (Å²) in [4.78, 5) is 38.6. The molecule has 3 fully saturated rings. The van der Waals surface area contributed by atoms with Crippen LogP contribution in [0.1, 0.15) is 59.3 Å². The molecule has 3 rings (SSSR count). The number of hydrogen-bond donors (Lipinski definition) is 3. The third-order valence-electron chi connectivity index (χ3n) is 6.65. The number of urea groups is 1. The predicted octanol–water partition coefficient (Wildman–Crippen LogP) is 2.05. The number of rotatable bonds is 5. The summed E-state index contributed by atoms with van der Waals surface area (Å²) < 4.78 is 0. The lowest BCUT2D eigenvalue weighted by atomic mass is 9.67. The minimum atomic E-state index is -0.797. The number of amides is 4.